The summed E-state index contributed by atoms with van der Waals surface area (Å²) in [6.07, 6.45) is 1.37. The predicted octanol–water partition coefficient (Wildman–Crippen LogP) is 3.52. The number of rotatable bonds is 2. The van der Waals surface area contributed by atoms with Crippen molar-refractivity contribution in [2.24, 2.45) is 0 Å². The maximum Gasteiger partial charge on any atom is 0.306 e. The van der Waals surface area contributed by atoms with Crippen LogP contribution < -0.4 is 0 Å². The number of hydrogen-bond donors (Lipinski definition) is 0. The van der Waals surface area contributed by atoms with E-state index in [-0.39, 0.29) is 16.0 Å². The van der Waals surface area contributed by atoms with Gasteiger partial charge in [0.15, 0.2) is 0 Å². The zero-order chi connectivity index (χ0) is 10.8. The van der Waals surface area contributed by atoms with Crippen molar-refractivity contribution in [3.8, 4) is 0 Å². The van der Waals surface area contributed by atoms with Gasteiger partial charge in [-0.1, -0.05) is 46.3 Å². The highest BCUT2D eigenvalue weighted by Crippen LogP contribution is 2.35. The normalized spacial score (nSPS) is 22.5. The second-order valence-electron chi connectivity index (χ2n) is 3.52. The Morgan fingerprint density at radius 3 is 2.60 bits per heavy atom. The Morgan fingerprint density at radius 1 is 1.40 bits per heavy atom. The summed E-state index contributed by atoms with van der Waals surface area (Å²) in [5.41, 5.74) is 1.15. The highest BCUT2D eigenvalue weighted by atomic mass is 127. The largest absolute Gasteiger partial charge is 0.461 e. The standard InChI is InChI=1S/C11H10ClIO2/c12-8-3-1-7(2-4-8)11(13)9-5-6-10(14)15-9/h1-4,9,11H,5-6H2. The first-order chi connectivity index (χ1) is 7.16. The lowest BCUT2D eigenvalue weighted by molar-refractivity contribution is -0.141. The van der Waals surface area contributed by atoms with Crippen molar-refractivity contribution in [2.75, 3.05) is 0 Å². The van der Waals surface area contributed by atoms with E-state index >= 15 is 0 Å². The highest BCUT2D eigenvalue weighted by Gasteiger charge is 2.30. The molecule has 0 saturated carbocycles. The first-order valence-electron chi connectivity index (χ1n) is 4.76. The minimum Gasteiger partial charge on any atom is -0.461 e. The molecule has 1 aliphatic rings. The third-order valence-corrected chi connectivity index (χ3v) is 4.20. The minimum absolute atomic E-state index is 0.0132. The van der Waals surface area contributed by atoms with Gasteiger partial charge in [0.1, 0.15) is 6.10 Å². The molecule has 0 aromatic heterocycles. The van der Waals surface area contributed by atoms with Gasteiger partial charge in [-0.25, -0.2) is 0 Å². The Bertz CT molecular complexity index is 363. The summed E-state index contributed by atoms with van der Waals surface area (Å²) < 4.78 is 5.44. The molecule has 1 aliphatic heterocycles. The molecule has 1 heterocycles. The maximum atomic E-state index is 11.0. The average molecular weight is 337 g/mol. The third-order valence-electron chi connectivity index (χ3n) is 2.43. The Balaban J connectivity index is 2.10. The summed E-state index contributed by atoms with van der Waals surface area (Å²) >= 11 is 8.12. The molecule has 1 fully saturated rings. The number of esters is 1. The molecule has 4 heteroatoms. The third kappa shape index (κ3) is 2.64. The van der Waals surface area contributed by atoms with Crippen molar-refractivity contribution in [2.45, 2.75) is 22.9 Å². The first-order valence-corrected chi connectivity index (χ1v) is 6.38. The number of benzene rings is 1. The lowest BCUT2D eigenvalue weighted by atomic mass is 10.1. The van der Waals surface area contributed by atoms with E-state index in [0.717, 1.165) is 17.0 Å². The molecule has 2 unspecified atom stereocenters. The molecule has 1 aromatic rings. The highest BCUT2D eigenvalue weighted by molar-refractivity contribution is 14.1. The molecule has 0 radical (unpaired) electrons. The molecular formula is C11H10ClIO2. The van der Waals surface area contributed by atoms with Crippen molar-refractivity contribution in [3.05, 3.63) is 34.9 Å². The number of hydrogen-bond acceptors (Lipinski definition) is 2. The van der Waals surface area contributed by atoms with Crippen LogP contribution in [0.1, 0.15) is 22.3 Å². The molecule has 2 atom stereocenters. The van der Waals surface area contributed by atoms with Gasteiger partial charge >= 0.3 is 5.97 Å². The quantitative estimate of drug-likeness (QED) is 0.469. The van der Waals surface area contributed by atoms with E-state index in [4.69, 9.17) is 16.3 Å². The van der Waals surface area contributed by atoms with Gasteiger partial charge in [0.2, 0.25) is 0 Å². The van der Waals surface area contributed by atoms with Gasteiger partial charge < -0.3 is 4.74 Å². The number of carbonyl (C=O) groups is 1. The summed E-state index contributed by atoms with van der Waals surface area (Å²) in [7, 11) is 0. The van der Waals surface area contributed by atoms with Crippen LogP contribution in [0.2, 0.25) is 5.02 Å². The fourth-order valence-corrected chi connectivity index (χ4v) is 2.66. The summed E-state index contributed by atoms with van der Waals surface area (Å²) in [5, 5.41) is 0.728. The van der Waals surface area contributed by atoms with E-state index < -0.39 is 0 Å². The second-order valence-corrected chi connectivity index (χ2v) is 5.30. The molecule has 80 valence electrons. The van der Waals surface area contributed by atoms with Gasteiger partial charge in [-0.3, -0.25) is 4.79 Å². The molecule has 2 rings (SSSR count). The number of ether oxygens (including phenoxy) is 1. The van der Waals surface area contributed by atoms with Gasteiger partial charge in [0, 0.05) is 11.4 Å². The lowest BCUT2D eigenvalue weighted by Gasteiger charge is -2.16. The second kappa shape index (κ2) is 4.70. The fourth-order valence-electron chi connectivity index (χ4n) is 1.61. The zero-order valence-corrected chi connectivity index (χ0v) is 10.9. The minimum atomic E-state index is -0.0874. The number of alkyl halides is 1. The molecule has 0 amide bonds. The average Bonchev–Trinajstić information content (AvgIpc) is 2.65. The number of cyclic esters (lactones) is 1. The Morgan fingerprint density at radius 2 is 2.07 bits per heavy atom. The van der Waals surface area contributed by atoms with E-state index in [1.165, 1.54) is 0 Å². The van der Waals surface area contributed by atoms with Crippen molar-refractivity contribution >= 4 is 40.2 Å². The summed E-state index contributed by atoms with van der Waals surface area (Å²) in [6, 6.07) is 7.68. The van der Waals surface area contributed by atoms with Crippen molar-refractivity contribution < 1.29 is 9.53 Å². The summed E-state index contributed by atoms with van der Waals surface area (Å²) in [4.78, 5) is 11.0. The lowest BCUT2D eigenvalue weighted by Crippen LogP contribution is -2.13. The molecule has 15 heavy (non-hydrogen) atoms. The van der Waals surface area contributed by atoms with E-state index in [1.54, 1.807) is 0 Å². The van der Waals surface area contributed by atoms with Crippen molar-refractivity contribution in [1.29, 1.82) is 0 Å². The number of carbonyl (C=O) groups excluding carboxylic acids is 1. The Labute approximate surface area is 107 Å². The predicted molar refractivity (Wildman–Crippen MR) is 67.3 cm³/mol. The number of halogens is 2. The van der Waals surface area contributed by atoms with E-state index in [0.29, 0.717) is 6.42 Å². The molecule has 0 aliphatic carbocycles. The SMILES string of the molecule is O=C1CCC(C(I)c2ccc(Cl)cc2)O1. The van der Waals surface area contributed by atoms with E-state index in [2.05, 4.69) is 22.6 Å². The first kappa shape index (κ1) is 11.2. The summed E-state index contributed by atoms with van der Waals surface area (Å²) in [6.45, 7) is 0. The Kier molecular flexibility index (Phi) is 3.51. The van der Waals surface area contributed by atoms with Crippen LogP contribution in [-0.2, 0) is 9.53 Å². The summed E-state index contributed by atoms with van der Waals surface area (Å²) in [5.74, 6) is -0.0874. The van der Waals surface area contributed by atoms with E-state index in [9.17, 15) is 4.79 Å². The molecule has 0 bridgehead atoms. The van der Waals surface area contributed by atoms with Gasteiger partial charge in [0.25, 0.3) is 0 Å². The molecule has 1 aromatic carbocycles. The van der Waals surface area contributed by atoms with Crippen LogP contribution in [0.25, 0.3) is 0 Å². The van der Waals surface area contributed by atoms with Crippen LogP contribution in [0.3, 0.4) is 0 Å². The van der Waals surface area contributed by atoms with Crippen molar-refractivity contribution in [1.82, 2.24) is 0 Å². The maximum absolute atomic E-state index is 11.0. The molecule has 0 spiro atoms. The molecule has 2 nitrogen and oxygen atoms in total. The van der Waals surface area contributed by atoms with Gasteiger partial charge in [-0.05, 0) is 24.1 Å². The van der Waals surface area contributed by atoms with E-state index in [1.807, 2.05) is 24.3 Å². The molecule has 0 N–H and O–H groups in total. The smallest absolute Gasteiger partial charge is 0.306 e. The zero-order valence-electron chi connectivity index (χ0n) is 7.95. The monoisotopic (exact) mass is 336 g/mol. The van der Waals surface area contributed by atoms with Gasteiger partial charge in [-0.15, -0.1) is 0 Å². The molecule has 1 saturated heterocycles. The van der Waals surface area contributed by atoms with Crippen LogP contribution in [0.15, 0.2) is 24.3 Å². The molecular weight excluding hydrogens is 326 g/mol. The fraction of sp³-hybridized carbons (Fsp3) is 0.364. The van der Waals surface area contributed by atoms with Crippen molar-refractivity contribution in [3.63, 3.8) is 0 Å². The van der Waals surface area contributed by atoms with Gasteiger partial charge in [0.05, 0.1) is 3.92 Å². The topological polar surface area (TPSA) is 26.3 Å². The van der Waals surface area contributed by atoms with Crippen LogP contribution >= 0.6 is 34.2 Å². The van der Waals surface area contributed by atoms with Crippen LogP contribution in [0.5, 0.6) is 0 Å². The van der Waals surface area contributed by atoms with Crippen LogP contribution in [0, 0.1) is 0 Å². The van der Waals surface area contributed by atoms with Gasteiger partial charge in [-0.2, -0.15) is 0 Å². The Hall–Kier alpha value is -0.290. The van der Waals surface area contributed by atoms with Crippen LogP contribution in [-0.4, -0.2) is 12.1 Å². The van der Waals surface area contributed by atoms with Crippen LogP contribution in [0.4, 0.5) is 0 Å².